The van der Waals surface area contributed by atoms with Crippen molar-refractivity contribution in [3.63, 3.8) is 0 Å². The molecule has 0 fully saturated rings. The van der Waals surface area contributed by atoms with E-state index in [1.165, 1.54) is 12.1 Å². The van der Waals surface area contributed by atoms with E-state index in [1.807, 2.05) is 44.3 Å². The fraction of sp³-hybridized carbons (Fsp3) is 0.250. The Balaban J connectivity index is 1.68. The minimum atomic E-state index is -0.265. The lowest BCUT2D eigenvalue weighted by molar-refractivity contribution is 0.512. The van der Waals surface area contributed by atoms with E-state index in [0.29, 0.717) is 24.5 Å². The number of benzene rings is 2. The summed E-state index contributed by atoms with van der Waals surface area (Å²) in [6.07, 6.45) is 2.64. The maximum atomic E-state index is 13.6. The van der Waals surface area contributed by atoms with Crippen LogP contribution in [0.2, 0.25) is 0 Å². The maximum Gasteiger partial charge on any atom is 0.251 e. The molecule has 0 aliphatic carbocycles. The molecule has 4 aromatic rings. The van der Waals surface area contributed by atoms with E-state index in [1.54, 1.807) is 12.1 Å². The van der Waals surface area contributed by atoms with Crippen molar-refractivity contribution in [2.75, 3.05) is 0 Å². The van der Waals surface area contributed by atoms with E-state index < -0.39 is 0 Å². The summed E-state index contributed by atoms with van der Waals surface area (Å²) in [4.78, 5) is 23.1. The summed E-state index contributed by atoms with van der Waals surface area (Å²) in [7, 11) is 0. The summed E-state index contributed by atoms with van der Waals surface area (Å²) in [5.74, 6) is 0.502. The van der Waals surface area contributed by atoms with Gasteiger partial charge in [0.05, 0.1) is 11.7 Å². The first-order valence-electron chi connectivity index (χ1n) is 10.1. The Hall–Kier alpha value is -3.25. The largest absolute Gasteiger partial charge is 0.361 e. The quantitative estimate of drug-likeness (QED) is 0.422. The number of aromatic amines is 2. The molecule has 4 rings (SSSR count). The molecular weight excluding hydrogens is 379 g/mol. The minimum Gasteiger partial charge on any atom is -0.361 e. The minimum absolute atomic E-state index is 0.106. The van der Waals surface area contributed by atoms with Crippen LogP contribution in [0.1, 0.15) is 48.5 Å². The molecule has 154 valence electrons. The second-order valence-corrected chi connectivity index (χ2v) is 7.84. The monoisotopic (exact) mass is 404 g/mol. The van der Waals surface area contributed by atoms with Gasteiger partial charge in [0.25, 0.3) is 5.56 Å². The summed E-state index contributed by atoms with van der Waals surface area (Å²) in [6, 6.07) is 16.0. The molecule has 0 amide bonds. The first kappa shape index (κ1) is 20.0. The Bertz CT molecular complexity index is 1210. The molecule has 2 heterocycles. The second-order valence-electron chi connectivity index (χ2n) is 7.84. The highest BCUT2D eigenvalue weighted by Gasteiger charge is 2.18. The van der Waals surface area contributed by atoms with Crippen LogP contribution in [0, 0.1) is 5.82 Å². The highest BCUT2D eigenvalue weighted by Crippen LogP contribution is 2.24. The topological polar surface area (TPSA) is 73.6 Å². The average Bonchev–Trinajstić information content (AvgIpc) is 3.13. The fourth-order valence-electron chi connectivity index (χ4n) is 3.64. The van der Waals surface area contributed by atoms with Crippen molar-refractivity contribution in [3.8, 4) is 0 Å². The second kappa shape index (κ2) is 8.63. The highest BCUT2D eigenvalue weighted by molar-refractivity contribution is 5.83. The van der Waals surface area contributed by atoms with Crippen LogP contribution in [0.25, 0.3) is 10.9 Å². The number of para-hydroxylation sites is 1. The van der Waals surface area contributed by atoms with Crippen molar-refractivity contribution in [3.05, 3.63) is 99.6 Å². The number of H-pyrrole nitrogens is 2. The van der Waals surface area contributed by atoms with Gasteiger partial charge in [-0.1, -0.05) is 44.2 Å². The zero-order valence-corrected chi connectivity index (χ0v) is 17.1. The van der Waals surface area contributed by atoms with Crippen molar-refractivity contribution in [1.82, 2.24) is 20.3 Å². The van der Waals surface area contributed by atoms with Gasteiger partial charge in [0.2, 0.25) is 0 Å². The van der Waals surface area contributed by atoms with Crippen molar-refractivity contribution in [2.45, 2.75) is 38.8 Å². The number of nitrogens with one attached hydrogen (secondary N) is 3. The van der Waals surface area contributed by atoms with Crippen LogP contribution in [-0.2, 0) is 13.0 Å². The zero-order valence-electron chi connectivity index (χ0n) is 17.1. The van der Waals surface area contributed by atoms with Crippen LogP contribution in [0.5, 0.6) is 0 Å². The van der Waals surface area contributed by atoms with Crippen LogP contribution in [-0.4, -0.2) is 15.0 Å². The molecule has 2 aromatic carbocycles. The molecular formula is C24H25FN4O. The Morgan fingerprint density at radius 3 is 2.73 bits per heavy atom. The van der Waals surface area contributed by atoms with Gasteiger partial charge in [-0.3, -0.25) is 4.79 Å². The molecule has 0 aliphatic heterocycles. The van der Waals surface area contributed by atoms with Crippen LogP contribution in [0.4, 0.5) is 4.39 Å². The van der Waals surface area contributed by atoms with Gasteiger partial charge in [0, 0.05) is 35.6 Å². The number of halogens is 1. The van der Waals surface area contributed by atoms with Crippen molar-refractivity contribution < 1.29 is 4.39 Å². The standard InChI is InChI=1S/C24H25FN4O/c1-15(2)24-28-22(12-23(30)29-24)21(26-13-16-6-5-7-18(25)10-16)11-17-14-27-20-9-4-3-8-19(17)20/h3-10,12,14-15,21,26-27H,11,13H2,1-2H3,(H,28,29,30)/t21-/m0/s1. The summed E-state index contributed by atoms with van der Waals surface area (Å²) in [5, 5.41) is 4.62. The van der Waals surface area contributed by atoms with Crippen LogP contribution < -0.4 is 10.9 Å². The van der Waals surface area contributed by atoms with Gasteiger partial charge < -0.3 is 15.3 Å². The van der Waals surface area contributed by atoms with Gasteiger partial charge in [0.15, 0.2) is 0 Å². The summed E-state index contributed by atoms with van der Waals surface area (Å²) in [5.41, 5.74) is 3.56. The Morgan fingerprint density at radius 2 is 1.93 bits per heavy atom. The predicted octanol–water partition coefficient (Wildman–Crippen LogP) is 4.59. The van der Waals surface area contributed by atoms with Crippen molar-refractivity contribution in [1.29, 1.82) is 0 Å². The SMILES string of the molecule is CC(C)c1nc([C@H](Cc2c[nH]c3ccccc23)NCc2cccc(F)c2)cc(=O)[nH]1. The van der Waals surface area contributed by atoms with Crippen LogP contribution in [0.3, 0.4) is 0 Å². The lowest BCUT2D eigenvalue weighted by Crippen LogP contribution is -2.26. The molecule has 2 aromatic heterocycles. The first-order chi connectivity index (χ1) is 14.5. The predicted molar refractivity (Wildman–Crippen MR) is 117 cm³/mol. The number of hydrogen-bond donors (Lipinski definition) is 3. The van der Waals surface area contributed by atoms with Gasteiger partial charge in [-0.2, -0.15) is 0 Å². The van der Waals surface area contributed by atoms with Gasteiger partial charge in [-0.25, -0.2) is 9.37 Å². The molecule has 3 N–H and O–H groups in total. The number of aromatic nitrogens is 3. The molecule has 0 unspecified atom stereocenters. The van der Waals surface area contributed by atoms with Gasteiger partial charge in [-0.05, 0) is 35.7 Å². The van der Waals surface area contributed by atoms with E-state index in [0.717, 1.165) is 22.0 Å². The molecule has 1 atom stereocenters. The van der Waals surface area contributed by atoms with Gasteiger partial charge in [0.1, 0.15) is 11.6 Å². The number of rotatable bonds is 7. The van der Waals surface area contributed by atoms with Crippen LogP contribution >= 0.6 is 0 Å². The van der Waals surface area contributed by atoms with E-state index in [-0.39, 0.29) is 23.3 Å². The molecule has 0 saturated heterocycles. The number of fused-ring (bicyclic) bond motifs is 1. The Labute approximate surface area is 174 Å². The normalized spacial score (nSPS) is 12.5. The van der Waals surface area contributed by atoms with E-state index in [9.17, 15) is 9.18 Å². The number of nitrogens with zero attached hydrogens (tertiary/aromatic N) is 1. The van der Waals surface area contributed by atoms with Gasteiger partial charge in [-0.15, -0.1) is 0 Å². The fourth-order valence-corrected chi connectivity index (χ4v) is 3.64. The molecule has 6 heteroatoms. The maximum absolute atomic E-state index is 13.6. The zero-order chi connectivity index (χ0) is 21.1. The lowest BCUT2D eigenvalue weighted by atomic mass is 10.0. The van der Waals surface area contributed by atoms with E-state index in [2.05, 4.69) is 21.4 Å². The van der Waals surface area contributed by atoms with E-state index >= 15 is 0 Å². The van der Waals surface area contributed by atoms with Gasteiger partial charge >= 0.3 is 0 Å². The molecule has 0 bridgehead atoms. The molecule has 0 aliphatic rings. The molecule has 5 nitrogen and oxygen atoms in total. The third-order valence-electron chi connectivity index (χ3n) is 5.22. The molecule has 0 saturated carbocycles. The Morgan fingerprint density at radius 1 is 1.10 bits per heavy atom. The summed E-state index contributed by atoms with van der Waals surface area (Å²) < 4.78 is 13.6. The van der Waals surface area contributed by atoms with Crippen LogP contribution in [0.15, 0.2) is 65.6 Å². The molecule has 0 spiro atoms. The highest BCUT2D eigenvalue weighted by atomic mass is 19.1. The van der Waals surface area contributed by atoms with Crippen molar-refractivity contribution >= 4 is 10.9 Å². The average molecular weight is 404 g/mol. The molecule has 0 radical (unpaired) electrons. The number of hydrogen-bond acceptors (Lipinski definition) is 3. The molecule has 30 heavy (non-hydrogen) atoms. The first-order valence-corrected chi connectivity index (χ1v) is 10.1. The Kier molecular flexibility index (Phi) is 5.77. The van der Waals surface area contributed by atoms with Crippen molar-refractivity contribution in [2.24, 2.45) is 0 Å². The summed E-state index contributed by atoms with van der Waals surface area (Å²) >= 11 is 0. The third-order valence-corrected chi connectivity index (χ3v) is 5.22. The third kappa shape index (κ3) is 4.49. The lowest BCUT2D eigenvalue weighted by Gasteiger charge is -2.19. The smallest absolute Gasteiger partial charge is 0.251 e. The summed E-state index contributed by atoms with van der Waals surface area (Å²) in [6.45, 7) is 4.46. The van der Waals surface area contributed by atoms with E-state index in [4.69, 9.17) is 4.98 Å².